The molecule has 1 N–H and O–H groups in total. The second kappa shape index (κ2) is 11.0. The molecular formula is C29H30N2OS. The number of urea groups is 1. The van der Waals surface area contributed by atoms with Crippen molar-refractivity contribution in [2.24, 2.45) is 0 Å². The van der Waals surface area contributed by atoms with Crippen molar-refractivity contribution in [1.82, 2.24) is 4.90 Å². The number of nitrogens with zero attached hydrogens (tertiary/aromatic N) is 1. The highest BCUT2D eigenvalue weighted by molar-refractivity contribution is 7.10. The molecule has 0 radical (unpaired) electrons. The van der Waals surface area contributed by atoms with E-state index in [1.165, 1.54) is 21.6 Å². The van der Waals surface area contributed by atoms with Crippen molar-refractivity contribution in [3.05, 3.63) is 124 Å². The summed E-state index contributed by atoms with van der Waals surface area (Å²) in [6.07, 6.45) is 0.847. The van der Waals surface area contributed by atoms with E-state index in [-0.39, 0.29) is 11.9 Å². The van der Waals surface area contributed by atoms with Gasteiger partial charge in [0, 0.05) is 23.0 Å². The molecule has 2 amide bonds. The lowest BCUT2D eigenvalue weighted by Crippen LogP contribution is -2.36. The van der Waals surface area contributed by atoms with E-state index in [4.69, 9.17) is 0 Å². The summed E-state index contributed by atoms with van der Waals surface area (Å²) >= 11 is 1.71. The monoisotopic (exact) mass is 454 g/mol. The molecule has 0 aliphatic rings. The van der Waals surface area contributed by atoms with E-state index in [1.807, 2.05) is 48.2 Å². The van der Waals surface area contributed by atoms with Crippen molar-refractivity contribution in [3.63, 3.8) is 0 Å². The van der Waals surface area contributed by atoms with Gasteiger partial charge in [-0.25, -0.2) is 4.79 Å². The van der Waals surface area contributed by atoms with Crippen molar-refractivity contribution in [3.8, 4) is 0 Å². The second-order valence-electron chi connectivity index (χ2n) is 8.41. The Morgan fingerprint density at radius 2 is 1.55 bits per heavy atom. The zero-order chi connectivity index (χ0) is 23.0. The predicted octanol–water partition coefficient (Wildman–Crippen LogP) is 7.62. The summed E-state index contributed by atoms with van der Waals surface area (Å²) in [5.41, 5.74) is 5.73. The van der Waals surface area contributed by atoms with E-state index in [1.54, 1.807) is 11.3 Å². The molecule has 0 aliphatic heterocycles. The Balaban J connectivity index is 1.56. The molecule has 4 rings (SSSR count). The number of nitrogens with one attached hydrogen (secondary N) is 1. The van der Waals surface area contributed by atoms with E-state index in [0.717, 1.165) is 17.7 Å². The molecule has 0 bridgehead atoms. The van der Waals surface area contributed by atoms with Crippen molar-refractivity contribution in [2.75, 3.05) is 11.9 Å². The smallest absolute Gasteiger partial charge is 0.319 e. The SMILES string of the molecule is Cc1cccc(NC(=O)N(CCC(c2ccccc2)c2ccccc2)Cc2sccc2C)c1. The molecule has 0 fully saturated rings. The van der Waals surface area contributed by atoms with Crippen LogP contribution in [0, 0.1) is 13.8 Å². The number of carbonyl (C=O) groups is 1. The number of hydrogen-bond donors (Lipinski definition) is 1. The van der Waals surface area contributed by atoms with E-state index >= 15 is 0 Å². The standard InChI is InChI=1S/C29H30N2OS/c1-22-10-9-15-26(20-22)30-29(32)31(21-28-23(2)17-19-33-28)18-16-27(24-11-5-3-6-12-24)25-13-7-4-8-14-25/h3-15,17,19-20,27H,16,18,21H2,1-2H3,(H,30,32). The molecule has 0 saturated heterocycles. The van der Waals surface area contributed by atoms with Gasteiger partial charge in [0.25, 0.3) is 0 Å². The molecule has 33 heavy (non-hydrogen) atoms. The van der Waals surface area contributed by atoms with Crippen LogP contribution in [-0.2, 0) is 6.54 Å². The molecule has 0 atom stereocenters. The van der Waals surface area contributed by atoms with Gasteiger partial charge in [-0.3, -0.25) is 0 Å². The maximum atomic E-state index is 13.4. The summed E-state index contributed by atoms with van der Waals surface area (Å²) in [6.45, 7) is 5.41. The third kappa shape index (κ3) is 6.11. The van der Waals surface area contributed by atoms with E-state index < -0.39 is 0 Å². The number of anilines is 1. The first-order valence-corrected chi connectivity index (χ1v) is 12.2. The molecule has 1 heterocycles. The topological polar surface area (TPSA) is 32.3 Å². The lowest BCUT2D eigenvalue weighted by molar-refractivity contribution is 0.208. The quantitative estimate of drug-likeness (QED) is 0.292. The Morgan fingerprint density at radius 3 is 2.12 bits per heavy atom. The minimum absolute atomic E-state index is 0.0618. The van der Waals surface area contributed by atoms with E-state index in [0.29, 0.717) is 13.1 Å². The minimum Gasteiger partial charge on any atom is -0.319 e. The van der Waals surface area contributed by atoms with Gasteiger partial charge in [0.15, 0.2) is 0 Å². The Labute approximate surface area is 200 Å². The van der Waals surface area contributed by atoms with E-state index in [2.05, 4.69) is 72.2 Å². The average molecular weight is 455 g/mol. The third-order valence-electron chi connectivity index (χ3n) is 5.95. The van der Waals surface area contributed by atoms with Gasteiger partial charge in [-0.2, -0.15) is 0 Å². The number of carbonyl (C=O) groups excluding carboxylic acids is 1. The van der Waals surface area contributed by atoms with Gasteiger partial charge in [-0.1, -0.05) is 72.8 Å². The van der Waals surface area contributed by atoms with Gasteiger partial charge in [0.05, 0.1) is 6.54 Å². The van der Waals surface area contributed by atoms with Crippen LogP contribution in [0.15, 0.2) is 96.4 Å². The largest absolute Gasteiger partial charge is 0.322 e. The molecule has 0 unspecified atom stereocenters. The molecule has 168 valence electrons. The first kappa shape index (κ1) is 22.8. The van der Waals surface area contributed by atoms with Gasteiger partial charge in [0.2, 0.25) is 0 Å². The number of thiophene rings is 1. The maximum absolute atomic E-state index is 13.4. The fourth-order valence-corrected chi connectivity index (χ4v) is 5.02. The van der Waals surface area contributed by atoms with Crippen LogP contribution in [0.25, 0.3) is 0 Å². The van der Waals surface area contributed by atoms with Crippen LogP contribution < -0.4 is 5.32 Å². The van der Waals surface area contributed by atoms with Crippen LogP contribution in [0.2, 0.25) is 0 Å². The third-order valence-corrected chi connectivity index (χ3v) is 6.96. The van der Waals surface area contributed by atoms with Crippen molar-refractivity contribution in [1.29, 1.82) is 0 Å². The molecule has 3 nitrogen and oxygen atoms in total. The summed E-state index contributed by atoms with van der Waals surface area (Å²) in [4.78, 5) is 16.5. The van der Waals surface area contributed by atoms with Gasteiger partial charge < -0.3 is 10.2 Å². The van der Waals surface area contributed by atoms with Crippen LogP contribution in [0.4, 0.5) is 10.5 Å². The first-order valence-electron chi connectivity index (χ1n) is 11.4. The van der Waals surface area contributed by atoms with Gasteiger partial charge in [-0.05, 0) is 66.1 Å². The first-order chi connectivity index (χ1) is 16.1. The van der Waals surface area contributed by atoms with Crippen LogP contribution in [-0.4, -0.2) is 17.5 Å². The van der Waals surface area contributed by atoms with Crippen molar-refractivity contribution >= 4 is 23.1 Å². The minimum atomic E-state index is -0.0618. The molecule has 0 spiro atoms. The number of aryl methyl sites for hydroxylation is 2. The fourth-order valence-electron chi connectivity index (χ4n) is 4.10. The zero-order valence-electron chi connectivity index (χ0n) is 19.2. The fraction of sp³-hybridized carbons (Fsp3) is 0.207. The van der Waals surface area contributed by atoms with Gasteiger partial charge in [0.1, 0.15) is 0 Å². The van der Waals surface area contributed by atoms with Crippen LogP contribution in [0.3, 0.4) is 0 Å². The molecular weight excluding hydrogens is 424 g/mol. The summed E-state index contributed by atoms with van der Waals surface area (Å²) < 4.78 is 0. The number of rotatable bonds is 8. The molecule has 3 aromatic carbocycles. The Morgan fingerprint density at radius 1 is 0.879 bits per heavy atom. The Kier molecular flexibility index (Phi) is 7.59. The lowest BCUT2D eigenvalue weighted by atomic mass is 9.88. The lowest BCUT2D eigenvalue weighted by Gasteiger charge is -2.26. The molecule has 0 saturated carbocycles. The maximum Gasteiger partial charge on any atom is 0.322 e. The highest BCUT2D eigenvalue weighted by Gasteiger charge is 2.20. The van der Waals surface area contributed by atoms with Gasteiger partial charge in [-0.15, -0.1) is 11.3 Å². The van der Waals surface area contributed by atoms with Crippen LogP contribution in [0.1, 0.15) is 39.5 Å². The average Bonchev–Trinajstić information content (AvgIpc) is 3.24. The van der Waals surface area contributed by atoms with Crippen LogP contribution >= 0.6 is 11.3 Å². The number of amides is 2. The van der Waals surface area contributed by atoms with Crippen molar-refractivity contribution in [2.45, 2.75) is 32.7 Å². The molecule has 1 aromatic heterocycles. The van der Waals surface area contributed by atoms with Crippen LogP contribution in [0.5, 0.6) is 0 Å². The number of hydrogen-bond acceptors (Lipinski definition) is 2. The Hall–Kier alpha value is -3.37. The zero-order valence-corrected chi connectivity index (χ0v) is 20.0. The van der Waals surface area contributed by atoms with Gasteiger partial charge >= 0.3 is 6.03 Å². The number of benzene rings is 3. The molecule has 4 aromatic rings. The molecule has 4 heteroatoms. The summed E-state index contributed by atoms with van der Waals surface area (Å²) in [6, 6.07) is 31.2. The Bertz CT molecular complexity index is 1130. The predicted molar refractivity (Wildman–Crippen MR) is 139 cm³/mol. The highest BCUT2D eigenvalue weighted by atomic mass is 32.1. The highest BCUT2D eigenvalue weighted by Crippen LogP contribution is 2.29. The summed E-state index contributed by atoms with van der Waals surface area (Å²) in [5, 5.41) is 5.20. The summed E-state index contributed by atoms with van der Waals surface area (Å²) in [5.74, 6) is 0.228. The summed E-state index contributed by atoms with van der Waals surface area (Å²) in [7, 11) is 0. The second-order valence-corrected chi connectivity index (χ2v) is 9.41. The normalized spacial score (nSPS) is 10.9. The van der Waals surface area contributed by atoms with Crippen molar-refractivity contribution < 1.29 is 4.79 Å². The van der Waals surface area contributed by atoms with E-state index in [9.17, 15) is 4.79 Å². The molecule has 0 aliphatic carbocycles.